The lowest BCUT2D eigenvalue weighted by atomic mass is 9.77. The van der Waals surface area contributed by atoms with Gasteiger partial charge in [-0.25, -0.2) is 0 Å². The molecule has 1 aromatic carbocycles. The summed E-state index contributed by atoms with van der Waals surface area (Å²) in [5, 5.41) is 19.3. The van der Waals surface area contributed by atoms with Gasteiger partial charge in [-0.05, 0) is 50.3 Å². The van der Waals surface area contributed by atoms with Crippen LogP contribution in [0, 0.1) is 26.2 Å². The molecule has 0 saturated heterocycles. The minimum Gasteiger partial charge on any atom is -0.396 e. The van der Waals surface area contributed by atoms with Crippen molar-refractivity contribution in [2.75, 3.05) is 13.2 Å². The van der Waals surface area contributed by atoms with E-state index < -0.39 is 0 Å². The van der Waals surface area contributed by atoms with Crippen LogP contribution in [-0.4, -0.2) is 23.4 Å². The van der Waals surface area contributed by atoms with Crippen LogP contribution in [0.1, 0.15) is 42.0 Å². The van der Waals surface area contributed by atoms with Gasteiger partial charge in [-0.15, -0.1) is 0 Å². The molecule has 2 heteroatoms. The summed E-state index contributed by atoms with van der Waals surface area (Å²) in [4.78, 5) is 0. The highest BCUT2D eigenvalue weighted by Crippen LogP contribution is 2.31. The number of rotatable bonds is 6. The predicted octanol–water partition coefficient (Wildman–Crippen LogP) is 2.93. The second-order valence-corrected chi connectivity index (χ2v) is 5.62. The molecule has 0 saturated carbocycles. The van der Waals surface area contributed by atoms with Crippen LogP contribution >= 0.6 is 0 Å². The van der Waals surface area contributed by atoms with Crippen molar-refractivity contribution in [2.24, 2.45) is 5.41 Å². The molecule has 0 heterocycles. The molecule has 2 N–H and O–H groups in total. The first-order valence-electron chi connectivity index (χ1n) is 6.76. The molecule has 0 spiro atoms. The largest absolute Gasteiger partial charge is 0.396 e. The van der Waals surface area contributed by atoms with Crippen LogP contribution in [0.3, 0.4) is 0 Å². The lowest BCUT2D eigenvalue weighted by molar-refractivity contribution is 0.0464. The fourth-order valence-corrected chi connectivity index (χ4v) is 2.80. The number of hydrogen-bond donors (Lipinski definition) is 2. The summed E-state index contributed by atoms with van der Waals surface area (Å²) < 4.78 is 0. The predicted molar refractivity (Wildman–Crippen MR) is 75.9 cm³/mol. The monoisotopic (exact) mass is 250 g/mol. The highest BCUT2D eigenvalue weighted by Gasteiger charge is 2.29. The van der Waals surface area contributed by atoms with Gasteiger partial charge in [0.05, 0.1) is 13.2 Å². The second kappa shape index (κ2) is 6.35. The van der Waals surface area contributed by atoms with Crippen LogP contribution < -0.4 is 0 Å². The van der Waals surface area contributed by atoms with Gasteiger partial charge in [0.1, 0.15) is 0 Å². The van der Waals surface area contributed by atoms with Crippen LogP contribution in [0.4, 0.5) is 0 Å². The first kappa shape index (κ1) is 15.2. The Balaban J connectivity index is 3.08. The summed E-state index contributed by atoms with van der Waals surface area (Å²) in [6.07, 6.45) is 2.59. The van der Waals surface area contributed by atoms with Gasteiger partial charge in [-0.2, -0.15) is 0 Å². The minimum atomic E-state index is -0.375. The average Bonchev–Trinajstić information content (AvgIpc) is 2.32. The van der Waals surface area contributed by atoms with Crippen LogP contribution in [0.5, 0.6) is 0 Å². The molecule has 0 fully saturated rings. The van der Waals surface area contributed by atoms with E-state index in [1.54, 1.807) is 0 Å². The Bertz CT molecular complexity index is 369. The number of aliphatic hydroxyl groups excluding tert-OH is 2. The van der Waals surface area contributed by atoms with E-state index in [2.05, 4.69) is 39.8 Å². The third-order valence-electron chi connectivity index (χ3n) is 3.84. The summed E-state index contributed by atoms with van der Waals surface area (Å²) in [5.74, 6) is 0. The van der Waals surface area contributed by atoms with Gasteiger partial charge in [0, 0.05) is 5.41 Å². The Hall–Kier alpha value is -0.860. The Kier molecular flexibility index (Phi) is 5.36. The molecule has 0 aliphatic rings. The Labute approximate surface area is 111 Å². The first-order valence-corrected chi connectivity index (χ1v) is 6.76. The van der Waals surface area contributed by atoms with E-state index in [9.17, 15) is 10.2 Å². The molecular formula is C16H26O2. The van der Waals surface area contributed by atoms with Crippen LogP contribution in [0.2, 0.25) is 0 Å². The number of benzene rings is 1. The number of hydrogen-bond acceptors (Lipinski definition) is 2. The maximum Gasteiger partial charge on any atom is 0.0512 e. The van der Waals surface area contributed by atoms with E-state index in [-0.39, 0.29) is 18.6 Å². The zero-order chi connectivity index (χ0) is 13.8. The molecule has 0 aliphatic carbocycles. The summed E-state index contributed by atoms with van der Waals surface area (Å²) >= 11 is 0. The normalized spacial score (nSPS) is 11.9. The van der Waals surface area contributed by atoms with Crippen molar-refractivity contribution < 1.29 is 10.2 Å². The molecule has 2 nitrogen and oxygen atoms in total. The molecule has 0 aliphatic heterocycles. The maximum absolute atomic E-state index is 9.65. The Morgan fingerprint density at radius 2 is 1.50 bits per heavy atom. The zero-order valence-corrected chi connectivity index (χ0v) is 12.1. The summed E-state index contributed by atoms with van der Waals surface area (Å²) in [6, 6.07) is 4.35. The average molecular weight is 250 g/mol. The van der Waals surface area contributed by atoms with Crippen molar-refractivity contribution in [2.45, 2.75) is 47.0 Å². The Morgan fingerprint density at radius 3 is 1.89 bits per heavy atom. The minimum absolute atomic E-state index is 0.0457. The van der Waals surface area contributed by atoms with E-state index in [0.29, 0.717) is 0 Å². The quantitative estimate of drug-likeness (QED) is 0.815. The van der Waals surface area contributed by atoms with Crippen molar-refractivity contribution in [3.05, 3.63) is 34.4 Å². The molecule has 1 rings (SSSR count). The lowest BCUT2D eigenvalue weighted by Gasteiger charge is -2.31. The van der Waals surface area contributed by atoms with E-state index in [4.69, 9.17) is 0 Å². The highest BCUT2D eigenvalue weighted by molar-refractivity contribution is 5.38. The zero-order valence-electron chi connectivity index (χ0n) is 12.1. The third kappa shape index (κ3) is 3.33. The number of aliphatic hydroxyl groups is 2. The van der Waals surface area contributed by atoms with Gasteiger partial charge in [-0.1, -0.05) is 31.0 Å². The molecule has 0 bridgehead atoms. The Morgan fingerprint density at radius 1 is 1.00 bits per heavy atom. The fraction of sp³-hybridized carbons (Fsp3) is 0.625. The standard InChI is InChI=1S/C16H26O2/c1-5-6-16(10-17,11-18)9-15-13(3)7-12(2)8-14(15)4/h7-8,17-18H,5-6,9-11H2,1-4H3. The van der Waals surface area contributed by atoms with Gasteiger partial charge in [0.25, 0.3) is 0 Å². The molecule has 0 aromatic heterocycles. The lowest BCUT2D eigenvalue weighted by Crippen LogP contribution is -2.32. The van der Waals surface area contributed by atoms with Gasteiger partial charge in [-0.3, -0.25) is 0 Å². The van der Waals surface area contributed by atoms with E-state index >= 15 is 0 Å². The van der Waals surface area contributed by atoms with Crippen molar-refractivity contribution in [1.29, 1.82) is 0 Å². The van der Waals surface area contributed by atoms with Crippen LogP contribution in [0.25, 0.3) is 0 Å². The van der Waals surface area contributed by atoms with Gasteiger partial charge in [0.15, 0.2) is 0 Å². The van der Waals surface area contributed by atoms with Gasteiger partial charge in [0.2, 0.25) is 0 Å². The van der Waals surface area contributed by atoms with Gasteiger partial charge < -0.3 is 10.2 Å². The van der Waals surface area contributed by atoms with E-state index in [0.717, 1.165) is 19.3 Å². The molecule has 18 heavy (non-hydrogen) atoms. The van der Waals surface area contributed by atoms with Crippen molar-refractivity contribution >= 4 is 0 Å². The smallest absolute Gasteiger partial charge is 0.0512 e. The van der Waals surface area contributed by atoms with Crippen molar-refractivity contribution in [3.63, 3.8) is 0 Å². The molecule has 1 aromatic rings. The van der Waals surface area contributed by atoms with Crippen LogP contribution in [0.15, 0.2) is 12.1 Å². The summed E-state index contributed by atoms with van der Waals surface area (Å²) in [7, 11) is 0. The summed E-state index contributed by atoms with van der Waals surface area (Å²) in [5.41, 5.74) is 4.68. The SMILES string of the molecule is CCCC(CO)(CO)Cc1c(C)cc(C)cc1C. The number of aryl methyl sites for hydroxylation is 3. The third-order valence-corrected chi connectivity index (χ3v) is 3.84. The second-order valence-electron chi connectivity index (χ2n) is 5.62. The molecular weight excluding hydrogens is 224 g/mol. The highest BCUT2D eigenvalue weighted by atomic mass is 16.3. The van der Waals surface area contributed by atoms with E-state index in [1.807, 2.05) is 0 Å². The summed E-state index contributed by atoms with van der Waals surface area (Å²) in [6.45, 7) is 8.51. The van der Waals surface area contributed by atoms with Crippen molar-refractivity contribution in [1.82, 2.24) is 0 Å². The molecule has 0 unspecified atom stereocenters. The van der Waals surface area contributed by atoms with Gasteiger partial charge >= 0.3 is 0 Å². The van der Waals surface area contributed by atoms with Crippen molar-refractivity contribution in [3.8, 4) is 0 Å². The van der Waals surface area contributed by atoms with E-state index in [1.165, 1.54) is 22.3 Å². The molecule has 0 radical (unpaired) electrons. The van der Waals surface area contributed by atoms with Crippen LogP contribution in [-0.2, 0) is 6.42 Å². The fourth-order valence-electron chi connectivity index (χ4n) is 2.80. The molecule has 102 valence electrons. The molecule has 0 amide bonds. The first-order chi connectivity index (χ1) is 8.48. The molecule has 0 atom stereocenters. The maximum atomic E-state index is 9.65. The topological polar surface area (TPSA) is 40.5 Å².